The molecular weight excluding hydrogens is 284 g/mol. The summed E-state index contributed by atoms with van der Waals surface area (Å²) in [6.07, 6.45) is 7.41. The van der Waals surface area contributed by atoms with Crippen LogP contribution >= 0.6 is 0 Å². The minimum atomic E-state index is -0.130. The molecule has 0 heterocycles. The summed E-state index contributed by atoms with van der Waals surface area (Å²) >= 11 is 0. The number of benzene rings is 1. The molecule has 0 saturated heterocycles. The van der Waals surface area contributed by atoms with Crippen molar-refractivity contribution in [1.29, 1.82) is 0 Å². The lowest BCUT2D eigenvalue weighted by Gasteiger charge is -2.32. The summed E-state index contributed by atoms with van der Waals surface area (Å²) in [7, 11) is 0. The van der Waals surface area contributed by atoms with E-state index in [-0.39, 0.29) is 10.8 Å². The van der Waals surface area contributed by atoms with Gasteiger partial charge in [0.05, 0.1) is 0 Å². The molecule has 0 spiro atoms. The van der Waals surface area contributed by atoms with E-state index in [4.69, 9.17) is 0 Å². The number of aldehydes is 1. The highest BCUT2D eigenvalue weighted by Gasteiger charge is 2.30. The van der Waals surface area contributed by atoms with Crippen LogP contribution in [0.2, 0.25) is 0 Å². The Bertz CT molecular complexity index is 486. The zero-order valence-electron chi connectivity index (χ0n) is 15.8. The maximum atomic E-state index is 11.4. The topological polar surface area (TPSA) is 37.3 Å². The molecule has 1 aromatic carbocycles. The van der Waals surface area contributed by atoms with Crippen molar-refractivity contribution in [2.75, 3.05) is 0 Å². The summed E-state index contributed by atoms with van der Waals surface area (Å²) in [5.74, 6) is 0.387. The van der Waals surface area contributed by atoms with Crippen LogP contribution in [-0.2, 0) is 10.8 Å². The summed E-state index contributed by atoms with van der Waals surface area (Å²) in [6.45, 7) is 13.0. The first-order valence-electron chi connectivity index (χ1n) is 9.02. The number of aromatic hydroxyl groups is 1. The van der Waals surface area contributed by atoms with Crippen molar-refractivity contribution in [1.82, 2.24) is 0 Å². The monoisotopic (exact) mass is 318 g/mol. The molecule has 0 aliphatic rings. The predicted molar refractivity (Wildman–Crippen MR) is 98.6 cm³/mol. The van der Waals surface area contributed by atoms with Gasteiger partial charge in [0.2, 0.25) is 0 Å². The Balaban J connectivity index is 3.39. The molecule has 1 aromatic rings. The van der Waals surface area contributed by atoms with Gasteiger partial charge in [-0.05, 0) is 35.8 Å². The van der Waals surface area contributed by atoms with Gasteiger partial charge >= 0.3 is 0 Å². The smallest absolute Gasteiger partial charge is 0.150 e. The molecule has 0 bridgehead atoms. The third-order valence-corrected chi connectivity index (χ3v) is 5.04. The molecule has 0 aromatic heterocycles. The largest absolute Gasteiger partial charge is 0.507 e. The summed E-state index contributed by atoms with van der Waals surface area (Å²) in [4.78, 5) is 11.4. The Morgan fingerprint density at radius 1 is 0.913 bits per heavy atom. The van der Waals surface area contributed by atoms with E-state index in [9.17, 15) is 9.90 Å². The molecule has 1 rings (SSSR count). The van der Waals surface area contributed by atoms with E-state index < -0.39 is 0 Å². The van der Waals surface area contributed by atoms with E-state index in [0.29, 0.717) is 11.3 Å². The second kappa shape index (κ2) is 7.99. The standard InChI is InChI=1S/C21H34O2/c1-7-9-11-20(3,4)17-13-16(15-22)14-18(19(17)23)21(5,6)12-10-8-2/h13-15,23H,7-12H2,1-6H3. The number of phenolic OH excluding ortho intramolecular Hbond substituents is 1. The molecule has 0 aliphatic carbocycles. The molecule has 0 fully saturated rings. The molecule has 1 N–H and O–H groups in total. The summed E-state index contributed by atoms with van der Waals surface area (Å²) in [6, 6.07) is 3.74. The van der Waals surface area contributed by atoms with Crippen LogP contribution in [0.15, 0.2) is 12.1 Å². The van der Waals surface area contributed by atoms with Gasteiger partial charge in [0.25, 0.3) is 0 Å². The Hall–Kier alpha value is -1.31. The van der Waals surface area contributed by atoms with Gasteiger partial charge in [-0.1, -0.05) is 67.2 Å². The van der Waals surface area contributed by atoms with E-state index in [2.05, 4.69) is 41.5 Å². The first-order chi connectivity index (χ1) is 10.7. The maximum Gasteiger partial charge on any atom is 0.150 e. The highest BCUT2D eigenvalue weighted by atomic mass is 16.3. The van der Waals surface area contributed by atoms with Crippen LogP contribution in [0.3, 0.4) is 0 Å². The molecule has 0 radical (unpaired) electrons. The molecule has 0 amide bonds. The quantitative estimate of drug-likeness (QED) is 0.555. The van der Waals surface area contributed by atoms with Gasteiger partial charge in [0.15, 0.2) is 0 Å². The van der Waals surface area contributed by atoms with Crippen molar-refractivity contribution >= 4 is 6.29 Å². The van der Waals surface area contributed by atoms with Gasteiger partial charge < -0.3 is 5.11 Å². The van der Waals surface area contributed by atoms with Crippen LogP contribution in [0.4, 0.5) is 0 Å². The van der Waals surface area contributed by atoms with Crippen molar-refractivity contribution in [3.05, 3.63) is 28.8 Å². The highest BCUT2D eigenvalue weighted by molar-refractivity contribution is 5.77. The molecule has 23 heavy (non-hydrogen) atoms. The first-order valence-corrected chi connectivity index (χ1v) is 9.02. The molecular formula is C21H34O2. The molecule has 2 heteroatoms. The Morgan fingerprint density at radius 3 is 1.61 bits per heavy atom. The van der Waals surface area contributed by atoms with E-state index in [0.717, 1.165) is 55.9 Å². The summed E-state index contributed by atoms with van der Waals surface area (Å²) in [5, 5.41) is 11.0. The Kier molecular flexibility index (Phi) is 6.85. The SMILES string of the molecule is CCCCC(C)(C)c1cc(C=O)cc(C(C)(C)CCCC)c1O. The third-order valence-electron chi connectivity index (χ3n) is 5.04. The number of hydrogen-bond acceptors (Lipinski definition) is 2. The number of carbonyl (C=O) groups excluding carboxylic acids is 1. The zero-order valence-corrected chi connectivity index (χ0v) is 15.8. The fourth-order valence-corrected chi connectivity index (χ4v) is 3.26. The fraction of sp³-hybridized carbons (Fsp3) is 0.667. The Morgan fingerprint density at radius 2 is 1.30 bits per heavy atom. The Labute approximate surface area is 142 Å². The van der Waals surface area contributed by atoms with E-state index in [1.807, 2.05) is 12.1 Å². The van der Waals surface area contributed by atoms with Crippen LogP contribution < -0.4 is 0 Å². The highest BCUT2D eigenvalue weighted by Crippen LogP contribution is 2.43. The van der Waals surface area contributed by atoms with Crippen molar-refractivity contribution in [3.8, 4) is 5.75 Å². The van der Waals surface area contributed by atoms with Crippen LogP contribution in [0.25, 0.3) is 0 Å². The normalized spacial score (nSPS) is 12.4. The summed E-state index contributed by atoms with van der Waals surface area (Å²) in [5.41, 5.74) is 2.23. The minimum absolute atomic E-state index is 0.130. The van der Waals surface area contributed by atoms with Gasteiger partial charge in [0.1, 0.15) is 12.0 Å². The van der Waals surface area contributed by atoms with E-state index in [1.165, 1.54) is 0 Å². The van der Waals surface area contributed by atoms with Crippen LogP contribution in [0, 0.1) is 0 Å². The lowest BCUT2D eigenvalue weighted by Crippen LogP contribution is -2.22. The van der Waals surface area contributed by atoms with E-state index in [1.54, 1.807) is 0 Å². The maximum absolute atomic E-state index is 11.4. The van der Waals surface area contributed by atoms with Gasteiger partial charge in [-0.15, -0.1) is 0 Å². The molecule has 2 nitrogen and oxygen atoms in total. The average molecular weight is 319 g/mol. The predicted octanol–water partition coefficient (Wildman–Crippen LogP) is 6.14. The number of carbonyl (C=O) groups is 1. The molecule has 0 aliphatic heterocycles. The zero-order chi connectivity index (χ0) is 17.7. The number of rotatable bonds is 9. The van der Waals surface area contributed by atoms with Crippen molar-refractivity contribution in [2.24, 2.45) is 0 Å². The van der Waals surface area contributed by atoms with Crippen LogP contribution in [0.1, 0.15) is 102 Å². The van der Waals surface area contributed by atoms with Crippen LogP contribution in [-0.4, -0.2) is 11.4 Å². The lowest BCUT2D eigenvalue weighted by molar-refractivity contribution is 0.112. The van der Waals surface area contributed by atoms with Gasteiger partial charge in [-0.3, -0.25) is 4.79 Å². The molecule has 0 saturated carbocycles. The number of hydrogen-bond donors (Lipinski definition) is 1. The fourth-order valence-electron chi connectivity index (χ4n) is 3.26. The molecule has 130 valence electrons. The second-order valence-corrected chi connectivity index (χ2v) is 8.06. The van der Waals surface area contributed by atoms with E-state index >= 15 is 0 Å². The van der Waals surface area contributed by atoms with Crippen molar-refractivity contribution in [3.63, 3.8) is 0 Å². The van der Waals surface area contributed by atoms with Crippen molar-refractivity contribution < 1.29 is 9.90 Å². The third kappa shape index (κ3) is 4.83. The van der Waals surface area contributed by atoms with Crippen molar-refractivity contribution in [2.45, 2.75) is 90.9 Å². The number of phenols is 1. The minimum Gasteiger partial charge on any atom is -0.507 e. The first kappa shape index (κ1) is 19.7. The lowest BCUT2D eigenvalue weighted by atomic mass is 9.73. The molecule has 0 atom stereocenters. The van der Waals surface area contributed by atoms with Crippen LogP contribution in [0.5, 0.6) is 5.75 Å². The average Bonchev–Trinajstić information content (AvgIpc) is 2.51. The van der Waals surface area contributed by atoms with Gasteiger partial charge in [0, 0.05) is 16.7 Å². The van der Waals surface area contributed by atoms with Gasteiger partial charge in [-0.2, -0.15) is 0 Å². The van der Waals surface area contributed by atoms with Gasteiger partial charge in [-0.25, -0.2) is 0 Å². The summed E-state index contributed by atoms with van der Waals surface area (Å²) < 4.78 is 0. The number of unbranched alkanes of at least 4 members (excludes halogenated alkanes) is 2. The molecule has 0 unspecified atom stereocenters. The second-order valence-electron chi connectivity index (χ2n) is 8.06.